The first-order valence-electron chi connectivity index (χ1n) is 6.58. The second-order valence-electron chi connectivity index (χ2n) is 4.59. The molecule has 0 aromatic heterocycles. The Balaban J connectivity index is 2.28. The van der Waals surface area contributed by atoms with Gasteiger partial charge in [-0.1, -0.05) is 54.6 Å². The van der Waals surface area contributed by atoms with E-state index in [1.807, 2.05) is 42.7 Å². The molecule has 0 atom stereocenters. The summed E-state index contributed by atoms with van der Waals surface area (Å²) in [6, 6.07) is 16.5. The summed E-state index contributed by atoms with van der Waals surface area (Å²) in [5.41, 5.74) is 2.20. The van der Waals surface area contributed by atoms with Gasteiger partial charge < -0.3 is 0 Å². The fourth-order valence-electron chi connectivity index (χ4n) is 1.92. The Morgan fingerprint density at radius 2 is 1.48 bits per heavy atom. The first-order valence-corrected chi connectivity index (χ1v) is 7.80. The molecule has 2 aromatic carbocycles. The Hall–Kier alpha value is -2.13. The third-order valence-corrected chi connectivity index (χ3v) is 3.84. The molecular formula is C18H16O2S. The van der Waals surface area contributed by atoms with Gasteiger partial charge in [-0.25, -0.2) is 0 Å². The van der Waals surface area contributed by atoms with E-state index in [1.165, 1.54) is 18.7 Å². The summed E-state index contributed by atoms with van der Waals surface area (Å²) < 4.78 is 0. The number of rotatable bonds is 5. The van der Waals surface area contributed by atoms with Crippen LogP contribution < -0.4 is 0 Å². The maximum Gasteiger partial charge on any atom is 0.199 e. The molecule has 0 saturated carbocycles. The molecule has 2 nitrogen and oxygen atoms in total. The zero-order chi connectivity index (χ0) is 15.2. The van der Waals surface area contributed by atoms with Crippen molar-refractivity contribution in [3.05, 3.63) is 76.2 Å². The normalized spacial score (nSPS) is 11.2. The lowest BCUT2D eigenvalue weighted by Crippen LogP contribution is -2.01. The van der Waals surface area contributed by atoms with E-state index >= 15 is 0 Å². The van der Waals surface area contributed by atoms with E-state index in [9.17, 15) is 9.59 Å². The number of benzene rings is 2. The van der Waals surface area contributed by atoms with Gasteiger partial charge in [-0.05, 0) is 24.8 Å². The topological polar surface area (TPSA) is 34.1 Å². The summed E-state index contributed by atoms with van der Waals surface area (Å²) in [6.07, 6.45) is 3.77. The SMILES string of the molecule is CSC(=Cc1ccccc1)C(=O)c1ccc(C(C)=O)cc1. The number of hydrogen-bond donors (Lipinski definition) is 0. The molecule has 0 spiro atoms. The predicted molar refractivity (Wildman–Crippen MR) is 88.7 cm³/mol. The minimum atomic E-state index is -0.0264. The molecule has 0 amide bonds. The minimum Gasteiger partial charge on any atom is -0.295 e. The summed E-state index contributed by atoms with van der Waals surface area (Å²) in [4.78, 5) is 24.4. The second-order valence-corrected chi connectivity index (χ2v) is 5.43. The van der Waals surface area contributed by atoms with Crippen LogP contribution in [0.2, 0.25) is 0 Å². The molecule has 0 saturated heterocycles. The summed E-state index contributed by atoms with van der Waals surface area (Å²) in [5.74, 6) is -0.0274. The van der Waals surface area contributed by atoms with Gasteiger partial charge in [0.15, 0.2) is 11.6 Å². The number of allylic oxidation sites excluding steroid dienone is 1. The van der Waals surface area contributed by atoms with Crippen LogP contribution in [0.5, 0.6) is 0 Å². The van der Waals surface area contributed by atoms with Crippen molar-refractivity contribution in [2.75, 3.05) is 6.26 Å². The quantitative estimate of drug-likeness (QED) is 0.603. The summed E-state index contributed by atoms with van der Waals surface area (Å²) in [5, 5.41) is 0. The van der Waals surface area contributed by atoms with E-state index < -0.39 is 0 Å². The lowest BCUT2D eigenvalue weighted by atomic mass is 10.1. The lowest BCUT2D eigenvalue weighted by Gasteiger charge is -2.05. The zero-order valence-corrected chi connectivity index (χ0v) is 12.8. The molecule has 0 aliphatic rings. The van der Waals surface area contributed by atoms with Gasteiger partial charge in [0.05, 0.1) is 4.91 Å². The molecule has 0 aliphatic heterocycles. The molecule has 0 fully saturated rings. The highest BCUT2D eigenvalue weighted by Crippen LogP contribution is 2.21. The maximum absolute atomic E-state index is 12.5. The van der Waals surface area contributed by atoms with E-state index in [2.05, 4.69) is 0 Å². The Kier molecular flexibility index (Phi) is 5.12. The third-order valence-electron chi connectivity index (χ3n) is 3.09. The first kappa shape index (κ1) is 15.3. The van der Waals surface area contributed by atoms with Gasteiger partial charge in [0.1, 0.15) is 0 Å². The highest BCUT2D eigenvalue weighted by atomic mass is 32.2. The van der Waals surface area contributed by atoms with Crippen LogP contribution in [0.15, 0.2) is 59.5 Å². The van der Waals surface area contributed by atoms with Gasteiger partial charge in [-0.3, -0.25) is 9.59 Å². The third kappa shape index (κ3) is 3.92. The second kappa shape index (κ2) is 7.04. The van der Waals surface area contributed by atoms with Gasteiger partial charge in [0.2, 0.25) is 0 Å². The molecule has 2 rings (SSSR count). The van der Waals surface area contributed by atoms with Crippen LogP contribution in [0.3, 0.4) is 0 Å². The number of hydrogen-bond acceptors (Lipinski definition) is 3. The molecule has 0 heterocycles. The molecule has 2 aromatic rings. The van der Waals surface area contributed by atoms with Crippen molar-refractivity contribution < 1.29 is 9.59 Å². The molecule has 0 aliphatic carbocycles. The van der Waals surface area contributed by atoms with Crippen LogP contribution in [-0.2, 0) is 0 Å². The number of Topliss-reactive ketones (excluding diaryl/α,β-unsaturated/α-hetero) is 2. The van der Waals surface area contributed by atoms with Crippen molar-refractivity contribution in [1.29, 1.82) is 0 Å². The van der Waals surface area contributed by atoms with Crippen molar-refractivity contribution in [2.24, 2.45) is 0 Å². The van der Waals surface area contributed by atoms with Crippen LogP contribution in [-0.4, -0.2) is 17.8 Å². The number of thioether (sulfide) groups is 1. The number of carbonyl (C=O) groups is 2. The van der Waals surface area contributed by atoms with Gasteiger partial charge in [-0.15, -0.1) is 11.8 Å². The molecule has 0 unspecified atom stereocenters. The van der Waals surface area contributed by atoms with Crippen LogP contribution in [0.4, 0.5) is 0 Å². The van der Waals surface area contributed by atoms with E-state index in [4.69, 9.17) is 0 Å². The fourth-order valence-corrected chi connectivity index (χ4v) is 2.47. The van der Waals surface area contributed by atoms with Gasteiger partial charge in [-0.2, -0.15) is 0 Å². The number of ketones is 2. The van der Waals surface area contributed by atoms with E-state index in [0.29, 0.717) is 16.0 Å². The standard InChI is InChI=1S/C18H16O2S/c1-13(19)15-8-10-16(11-9-15)18(20)17(21-2)12-14-6-4-3-5-7-14/h3-12H,1-2H3. The van der Waals surface area contributed by atoms with Crippen molar-refractivity contribution in [3.8, 4) is 0 Å². The van der Waals surface area contributed by atoms with Crippen LogP contribution in [0.1, 0.15) is 33.2 Å². The van der Waals surface area contributed by atoms with Crippen LogP contribution >= 0.6 is 11.8 Å². The first-order chi connectivity index (χ1) is 10.1. The maximum atomic E-state index is 12.5. The Morgan fingerprint density at radius 3 is 2.00 bits per heavy atom. The largest absolute Gasteiger partial charge is 0.295 e. The van der Waals surface area contributed by atoms with Gasteiger partial charge in [0.25, 0.3) is 0 Å². The summed E-state index contributed by atoms with van der Waals surface area (Å²) in [6.45, 7) is 1.51. The smallest absolute Gasteiger partial charge is 0.199 e. The summed E-state index contributed by atoms with van der Waals surface area (Å²) in [7, 11) is 0. The molecular weight excluding hydrogens is 280 g/mol. The predicted octanol–water partition coefficient (Wildman–Crippen LogP) is 4.48. The number of carbonyl (C=O) groups excluding carboxylic acids is 2. The summed E-state index contributed by atoms with van der Waals surface area (Å²) >= 11 is 1.42. The van der Waals surface area contributed by atoms with Crippen molar-refractivity contribution >= 4 is 29.4 Å². The van der Waals surface area contributed by atoms with E-state index in [-0.39, 0.29) is 11.6 Å². The monoisotopic (exact) mass is 296 g/mol. The van der Waals surface area contributed by atoms with Gasteiger partial charge >= 0.3 is 0 Å². The van der Waals surface area contributed by atoms with Crippen molar-refractivity contribution in [1.82, 2.24) is 0 Å². The molecule has 0 radical (unpaired) electrons. The van der Waals surface area contributed by atoms with Crippen molar-refractivity contribution in [3.63, 3.8) is 0 Å². The molecule has 3 heteroatoms. The Labute approximate surface area is 128 Å². The molecule has 106 valence electrons. The van der Waals surface area contributed by atoms with Crippen LogP contribution in [0, 0.1) is 0 Å². The molecule has 0 bridgehead atoms. The average Bonchev–Trinajstić information content (AvgIpc) is 2.53. The Bertz CT molecular complexity index is 670. The minimum absolute atomic E-state index is 0.00100. The van der Waals surface area contributed by atoms with E-state index in [1.54, 1.807) is 24.3 Å². The zero-order valence-electron chi connectivity index (χ0n) is 12.0. The highest BCUT2D eigenvalue weighted by Gasteiger charge is 2.12. The average molecular weight is 296 g/mol. The van der Waals surface area contributed by atoms with E-state index in [0.717, 1.165) is 5.56 Å². The van der Waals surface area contributed by atoms with Crippen LogP contribution in [0.25, 0.3) is 6.08 Å². The molecule has 0 N–H and O–H groups in total. The Morgan fingerprint density at radius 1 is 0.905 bits per heavy atom. The molecule has 21 heavy (non-hydrogen) atoms. The highest BCUT2D eigenvalue weighted by molar-refractivity contribution is 8.03. The van der Waals surface area contributed by atoms with Crippen molar-refractivity contribution in [2.45, 2.75) is 6.92 Å². The van der Waals surface area contributed by atoms with Gasteiger partial charge in [0, 0.05) is 11.1 Å². The fraction of sp³-hybridized carbons (Fsp3) is 0.111. The lowest BCUT2D eigenvalue weighted by molar-refractivity contribution is 0.101.